The fourth-order valence-corrected chi connectivity index (χ4v) is 2.12. The summed E-state index contributed by atoms with van der Waals surface area (Å²) in [4.78, 5) is 10.5. The molecule has 8 heteroatoms. The number of nitrogens with two attached hydrogens (primary N) is 2. The van der Waals surface area contributed by atoms with Gasteiger partial charge in [0.05, 0.1) is 24.2 Å². The van der Waals surface area contributed by atoms with Crippen molar-refractivity contribution in [3.63, 3.8) is 0 Å². The molecular formula is C9H13N3O4S. The molecule has 0 fully saturated rings. The van der Waals surface area contributed by atoms with E-state index in [9.17, 15) is 13.2 Å². The van der Waals surface area contributed by atoms with Crippen LogP contribution >= 0.6 is 0 Å². The minimum Gasteiger partial charge on any atom is -0.495 e. The lowest BCUT2D eigenvalue weighted by atomic mass is 10.3. The first-order valence-corrected chi connectivity index (χ1v) is 6.06. The third kappa shape index (κ3) is 3.33. The predicted octanol–water partition coefficient (Wildman–Crippen LogP) is -0.959. The Kier molecular flexibility index (Phi) is 3.92. The van der Waals surface area contributed by atoms with Gasteiger partial charge in [0.25, 0.3) is 0 Å². The number of nitrogens with one attached hydrogen (secondary N) is 1. The number of sulfonamides is 1. The molecule has 1 rings (SSSR count). The zero-order chi connectivity index (χ0) is 13.1. The number of anilines is 1. The number of rotatable bonds is 5. The maximum Gasteiger partial charge on any atom is 0.241 e. The number of primary amides is 1. The summed E-state index contributed by atoms with van der Waals surface area (Å²) in [5, 5.41) is 0. The first-order valence-electron chi connectivity index (χ1n) is 4.58. The summed E-state index contributed by atoms with van der Waals surface area (Å²) in [6.07, 6.45) is 0. The number of carbonyl (C=O) groups is 1. The fourth-order valence-electron chi connectivity index (χ4n) is 1.11. The second-order valence-corrected chi connectivity index (χ2v) is 4.96. The van der Waals surface area contributed by atoms with E-state index in [0.717, 1.165) is 0 Å². The molecule has 0 saturated heterocycles. The Labute approximate surface area is 98.8 Å². The smallest absolute Gasteiger partial charge is 0.241 e. The van der Waals surface area contributed by atoms with Crippen molar-refractivity contribution >= 4 is 21.6 Å². The van der Waals surface area contributed by atoms with Gasteiger partial charge in [-0.15, -0.1) is 0 Å². The van der Waals surface area contributed by atoms with Crippen molar-refractivity contribution < 1.29 is 17.9 Å². The molecule has 0 bridgehead atoms. The van der Waals surface area contributed by atoms with Crippen LogP contribution in [0.4, 0.5) is 5.69 Å². The van der Waals surface area contributed by atoms with Crippen LogP contribution in [0.5, 0.6) is 5.75 Å². The van der Waals surface area contributed by atoms with Gasteiger partial charge < -0.3 is 16.2 Å². The van der Waals surface area contributed by atoms with E-state index >= 15 is 0 Å². The highest BCUT2D eigenvalue weighted by Crippen LogP contribution is 2.24. The van der Waals surface area contributed by atoms with Crippen LogP contribution in [0.15, 0.2) is 23.1 Å². The van der Waals surface area contributed by atoms with Gasteiger partial charge in [-0.2, -0.15) is 0 Å². The number of ether oxygens (including phenoxy) is 1. The maximum atomic E-state index is 11.7. The largest absolute Gasteiger partial charge is 0.495 e. The third-order valence-electron chi connectivity index (χ3n) is 1.95. The molecule has 0 aliphatic heterocycles. The molecule has 1 amide bonds. The Morgan fingerprint density at radius 3 is 2.65 bits per heavy atom. The number of carbonyl (C=O) groups excluding carboxylic acids is 1. The Hall–Kier alpha value is -1.80. The summed E-state index contributed by atoms with van der Waals surface area (Å²) >= 11 is 0. The second-order valence-electron chi connectivity index (χ2n) is 3.19. The first-order chi connectivity index (χ1) is 7.86. The Balaban J connectivity index is 3.03. The molecule has 5 N–H and O–H groups in total. The molecule has 1 aromatic carbocycles. The van der Waals surface area contributed by atoms with Gasteiger partial charge in [-0.3, -0.25) is 4.79 Å². The quantitative estimate of drug-likeness (QED) is 0.587. The molecular weight excluding hydrogens is 246 g/mol. The Morgan fingerprint density at radius 1 is 1.47 bits per heavy atom. The van der Waals surface area contributed by atoms with Gasteiger partial charge in [-0.25, -0.2) is 13.1 Å². The van der Waals surface area contributed by atoms with Crippen LogP contribution in [-0.2, 0) is 14.8 Å². The zero-order valence-corrected chi connectivity index (χ0v) is 9.95. The molecule has 1 aromatic rings. The molecule has 0 radical (unpaired) electrons. The van der Waals surface area contributed by atoms with Crippen molar-refractivity contribution in [3.8, 4) is 5.75 Å². The number of nitrogen functional groups attached to an aromatic ring is 1. The SMILES string of the molecule is COc1cc(S(=O)(=O)NCC(N)=O)ccc1N. The summed E-state index contributed by atoms with van der Waals surface area (Å²) in [7, 11) is -2.42. The van der Waals surface area contributed by atoms with Gasteiger partial charge in [-0.05, 0) is 12.1 Å². The molecule has 0 unspecified atom stereocenters. The lowest BCUT2D eigenvalue weighted by molar-refractivity contribution is -0.116. The van der Waals surface area contributed by atoms with Crippen LogP contribution in [0.2, 0.25) is 0 Å². The van der Waals surface area contributed by atoms with E-state index in [1.807, 2.05) is 4.72 Å². The van der Waals surface area contributed by atoms with Crippen molar-refractivity contribution in [2.24, 2.45) is 5.73 Å². The van der Waals surface area contributed by atoms with E-state index in [2.05, 4.69) is 0 Å². The van der Waals surface area contributed by atoms with Crippen LogP contribution in [0.1, 0.15) is 0 Å². The van der Waals surface area contributed by atoms with E-state index in [4.69, 9.17) is 16.2 Å². The van der Waals surface area contributed by atoms with Gasteiger partial charge in [0.2, 0.25) is 15.9 Å². The van der Waals surface area contributed by atoms with E-state index in [1.54, 1.807) is 0 Å². The predicted molar refractivity (Wildman–Crippen MR) is 61.8 cm³/mol. The first kappa shape index (κ1) is 13.3. The lowest BCUT2D eigenvalue weighted by Gasteiger charge is -2.08. The van der Waals surface area contributed by atoms with Crippen molar-refractivity contribution in [2.45, 2.75) is 4.90 Å². The average molecular weight is 259 g/mol. The van der Waals surface area contributed by atoms with Crippen molar-refractivity contribution in [3.05, 3.63) is 18.2 Å². The lowest BCUT2D eigenvalue weighted by Crippen LogP contribution is -2.33. The van der Waals surface area contributed by atoms with Gasteiger partial charge in [0.1, 0.15) is 5.75 Å². The Bertz CT molecular complexity index is 527. The van der Waals surface area contributed by atoms with E-state index in [1.165, 1.54) is 25.3 Å². The van der Waals surface area contributed by atoms with E-state index in [-0.39, 0.29) is 10.6 Å². The van der Waals surface area contributed by atoms with Gasteiger partial charge in [0.15, 0.2) is 0 Å². The Morgan fingerprint density at radius 2 is 2.12 bits per heavy atom. The number of benzene rings is 1. The van der Waals surface area contributed by atoms with Crippen molar-refractivity contribution in [2.75, 3.05) is 19.4 Å². The van der Waals surface area contributed by atoms with Crippen LogP contribution < -0.4 is 20.9 Å². The molecule has 7 nitrogen and oxygen atoms in total. The van der Waals surface area contributed by atoms with Gasteiger partial charge >= 0.3 is 0 Å². The summed E-state index contributed by atoms with van der Waals surface area (Å²) in [5.74, 6) is -0.525. The highest BCUT2D eigenvalue weighted by atomic mass is 32.2. The van der Waals surface area contributed by atoms with Crippen LogP contribution in [0.3, 0.4) is 0 Å². The summed E-state index contributed by atoms with van der Waals surface area (Å²) < 4.78 is 30.3. The third-order valence-corrected chi connectivity index (χ3v) is 3.35. The molecule has 0 saturated carbocycles. The fraction of sp³-hybridized carbons (Fsp3) is 0.222. The number of amides is 1. The topological polar surface area (TPSA) is 125 Å². The summed E-state index contributed by atoms with van der Waals surface area (Å²) in [6, 6.07) is 3.97. The molecule has 0 aliphatic rings. The molecule has 0 aromatic heterocycles. The number of hydrogen-bond donors (Lipinski definition) is 3. The summed E-state index contributed by atoms with van der Waals surface area (Å²) in [6.45, 7) is -0.463. The monoisotopic (exact) mass is 259 g/mol. The molecule has 0 heterocycles. The minimum atomic E-state index is -3.79. The van der Waals surface area contributed by atoms with Gasteiger partial charge in [0, 0.05) is 6.07 Å². The van der Waals surface area contributed by atoms with Crippen LogP contribution in [-0.4, -0.2) is 28.0 Å². The molecule has 0 atom stereocenters. The standard InChI is InChI=1S/C9H13N3O4S/c1-16-8-4-6(2-3-7(8)10)17(14,15)12-5-9(11)13/h2-4,12H,5,10H2,1H3,(H2,11,13). The average Bonchev–Trinajstić information content (AvgIpc) is 2.27. The zero-order valence-electron chi connectivity index (χ0n) is 9.14. The maximum absolute atomic E-state index is 11.7. The minimum absolute atomic E-state index is 0.0511. The van der Waals surface area contributed by atoms with E-state index in [0.29, 0.717) is 5.69 Å². The van der Waals surface area contributed by atoms with Crippen LogP contribution in [0, 0.1) is 0 Å². The number of methoxy groups -OCH3 is 1. The molecule has 0 aliphatic carbocycles. The molecule has 0 spiro atoms. The summed E-state index contributed by atoms with van der Waals surface area (Å²) in [5.41, 5.74) is 10.7. The molecule has 17 heavy (non-hydrogen) atoms. The normalized spacial score (nSPS) is 11.1. The highest BCUT2D eigenvalue weighted by molar-refractivity contribution is 7.89. The second kappa shape index (κ2) is 5.02. The van der Waals surface area contributed by atoms with Crippen molar-refractivity contribution in [1.82, 2.24) is 4.72 Å². The van der Waals surface area contributed by atoms with Crippen molar-refractivity contribution in [1.29, 1.82) is 0 Å². The van der Waals surface area contributed by atoms with E-state index < -0.39 is 22.5 Å². The number of hydrogen-bond acceptors (Lipinski definition) is 5. The molecule has 94 valence electrons. The van der Waals surface area contributed by atoms with Crippen LogP contribution in [0.25, 0.3) is 0 Å². The van der Waals surface area contributed by atoms with Gasteiger partial charge in [-0.1, -0.05) is 0 Å². The highest BCUT2D eigenvalue weighted by Gasteiger charge is 2.16.